The smallest absolute Gasteiger partial charge is 0.426 e. The topological polar surface area (TPSA) is 52.6 Å². The van der Waals surface area contributed by atoms with Gasteiger partial charge < -0.3 is 9.47 Å². The maximum Gasteiger partial charge on any atom is 0.426 e. The fourth-order valence-corrected chi connectivity index (χ4v) is 3.94. The van der Waals surface area contributed by atoms with Crippen LogP contribution in [0.25, 0.3) is 11.1 Å². The van der Waals surface area contributed by atoms with Gasteiger partial charge >= 0.3 is 12.2 Å². The molecule has 0 saturated carbocycles. The van der Waals surface area contributed by atoms with Gasteiger partial charge in [0, 0.05) is 11.1 Å². The quantitative estimate of drug-likeness (QED) is 0.166. The molecule has 0 saturated heterocycles. The highest BCUT2D eigenvalue weighted by Crippen LogP contribution is 2.40. The van der Waals surface area contributed by atoms with Gasteiger partial charge in [0.05, 0.1) is 11.1 Å². The van der Waals surface area contributed by atoms with Crippen LogP contribution in [-0.2, 0) is 12.2 Å². The number of alkyl halides is 4. The molecule has 4 aromatic rings. The average Bonchev–Trinajstić information content (AvgIpc) is 2.91. The molecule has 0 aliphatic rings. The standard InChI is InChI=1S/C30H22F4O4/c1-19-25(5-3-7-27(19)37-29(31,32)23-13-9-21(17-35)10-14-23)26-6-4-8-28(20(26)2)38-30(33,34)24-15-11-22(18-36)12-16-24/h3-18H,1-2H3. The lowest BCUT2D eigenvalue weighted by atomic mass is 9.95. The van der Waals surface area contributed by atoms with E-state index in [4.69, 9.17) is 9.47 Å². The molecule has 0 amide bonds. The predicted octanol–water partition coefficient (Wildman–Crippen LogP) is 7.85. The van der Waals surface area contributed by atoms with Crippen molar-refractivity contribution in [2.75, 3.05) is 0 Å². The lowest BCUT2D eigenvalue weighted by Crippen LogP contribution is -2.22. The second-order valence-electron chi connectivity index (χ2n) is 8.57. The minimum Gasteiger partial charge on any atom is -0.429 e. The summed E-state index contributed by atoms with van der Waals surface area (Å²) in [4.78, 5) is 21.6. The van der Waals surface area contributed by atoms with Crippen LogP contribution in [-0.4, -0.2) is 12.6 Å². The van der Waals surface area contributed by atoms with Gasteiger partial charge in [-0.25, -0.2) is 0 Å². The number of hydrogen-bond acceptors (Lipinski definition) is 4. The molecule has 4 rings (SSSR count). The molecule has 0 fully saturated rings. The number of benzene rings is 4. The Hall–Kier alpha value is -4.46. The fourth-order valence-electron chi connectivity index (χ4n) is 3.94. The summed E-state index contributed by atoms with van der Waals surface area (Å²) in [6.45, 7) is 3.18. The van der Waals surface area contributed by atoms with Crippen molar-refractivity contribution in [1.82, 2.24) is 0 Å². The van der Waals surface area contributed by atoms with Crippen LogP contribution in [0.2, 0.25) is 0 Å². The first-order valence-corrected chi connectivity index (χ1v) is 11.5. The van der Waals surface area contributed by atoms with Crippen molar-refractivity contribution in [3.8, 4) is 22.6 Å². The third-order valence-corrected chi connectivity index (χ3v) is 6.10. The van der Waals surface area contributed by atoms with Crippen molar-refractivity contribution in [2.45, 2.75) is 26.1 Å². The molecule has 0 atom stereocenters. The molecule has 0 aromatic heterocycles. The van der Waals surface area contributed by atoms with Crippen LogP contribution in [0.4, 0.5) is 17.6 Å². The summed E-state index contributed by atoms with van der Waals surface area (Å²) in [7, 11) is 0. The van der Waals surface area contributed by atoms with Crippen LogP contribution >= 0.6 is 0 Å². The van der Waals surface area contributed by atoms with Crippen molar-refractivity contribution in [3.05, 3.63) is 118 Å². The Morgan fingerprint density at radius 1 is 0.553 bits per heavy atom. The number of ether oxygens (including phenoxy) is 2. The van der Waals surface area contributed by atoms with E-state index in [0.29, 0.717) is 34.8 Å². The number of rotatable bonds is 9. The summed E-state index contributed by atoms with van der Waals surface area (Å²) >= 11 is 0. The normalized spacial score (nSPS) is 11.6. The first-order chi connectivity index (χ1) is 18.1. The van der Waals surface area contributed by atoms with Crippen molar-refractivity contribution < 1.29 is 36.6 Å². The molecule has 8 heteroatoms. The molecule has 0 aliphatic carbocycles. The Morgan fingerprint density at radius 3 is 1.21 bits per heavy atom. The molecule has 4 nitrogen and oxygen atoms in total. The van der Waals surface area contributed by atoms with Gasteiger partial charge in [0.15, 0.2) is 0 Å². The molecule has 4 aromatic carbocycles. The molecule has 38 heavy (non-hydrogen) atoms. The van der Waals surface area contributed by atoms with Crippen molar-refractivity contribution in [3.63, 3.8) is 0 Å². The molecule has 0 aliphatic heterocycles. The van der Waals surface area contributed by atoms with Crippen LogP contribution < -0.4 is 9.47 Å². The molecular weight excluding hydrogens is 500 g/mol. The van der Waals surface area contributed by atoms with Crippen LogP contribution in [0, 0.1) is 13.8 Å². The minimum absolute atomic E-state index is 0.0988. The van der Waals surface area contributed by atoms with E-state index >= 15 is 0 Å². The molecular formula is C30H22F4O4. The molecule has 0 N–H and O–H groups in total. The first-order valence-electron chi connectivity index (χ1n) is 11.5. The average molecular weight is 522 g/mol. The zero-order valence-electron chi connectivity index (χ0n) is 20.4. The Bertz CT molecular complexity index is 1350. The second kappa shape index (κ2) is 10.5. The number of aldehydes is 2. The number of halogens is 4. The van der Waals surface area contributed by atoms with E-state index in [1.165, 1.54) is 48.5 Å². The van der Waals surface area contributed by atoms with Crippen molar-refractivity contribution >= 4 is 12.6 Å². The SMILES string of the molecule is Cc1c(OC(F)(F)c2ccc(C=O)cc2)cccc1-c1cccc(OC(F)(F)c2ccc(C=O)cc2)c1C. The van der Waals surface area contributed by atoms with E-state index < -0.39 is 23.3 Å². The van der Waals surface area contributed by atoms with Gasteiger partial charge in [-0.15, -0.1) is 0 Å². The summed E-state index contributed by atoms with van der Waals surface area (Å²) in [6.07, 6.45) is -6.27. The van der Waals surface area contributed by atoms with Gasteiger partial charge in [-0.2, -0.15) is 17.6 Å². The highest BCUT2D eigenvalue weighted by atomic mass is 19.3. The minimum atomic E-state index is -3.69. The van der Waals surface area contributed by atoms with E-state index in [1.54, 1.807) is 26.0 Å². The largest absolute Gasteiger partial charge is 0.429 e. The van der Waals surface area contributed by atoms with Crippen LogP contribution in [0.15, 0.2) is 84.9 Å². The summed E-state index contributed by atoms with van der Waals surface area (Å²) < 4.78 is 69.8. The predicted molar refractivity (Wildman–Crippen MR) is 134 cm³/mol. The maximum atomic E-state index is 14.9. The number of carbonyl (C=O) groups excluding carboxylic acids is 2. The lowest BCUT2D eigenvalue weighted by Gasteiger charge is -2.23. The van der Waals surface area contributed by atoms with Gasteiger partial charge in [-0.05, 0) is 72.5 Å². The second-order valence-corrected chi connectivity index (χ2v) is 8.57. The van der Waals surface area contributed by atoms with Crippen LogP contribution in [0.3, 0.4) is 0 Å². The monoisotopic (exact) mass is 522 g/mol. The molecule has 0 heterocycles. The Kier molecular flexibility index (Phi) is 7.35. The molecule has 0 unspecified atom stereocenters. The molecule has 0 bridgehead atoms. The van der Waals surface area contributed by atoms with Crippen molar-refractivity contribution in [1.29, 1.82) is 0 Å². The molecule has 0 radical (unpaired) electrons. The zero-order valence-corrected chi connectivity index (χ0v) is 20.4. The number of carbonyl (C=O) groups is 2. The summed E-state index contributed by atoms with van der Waals surface area (Å²) in [5.41, 5.74) is 1.38. The van der Waals surface area contributed by atoms with Gasteiger partial charge in [-0.3, -0.25) is 9.59 Å². The summed E-state index contributed by atoms with van der Waals surface area (Å²) in [5, 5.41) is 0. The van der Waals surface area contributed by atoms with Crippen LogP contribution in [0.1, 0.15) is 43.0 Å². The van der Waals surface area contributed by atoms with Crippen LogP contribution in [0.5, 0.6) is 11.5 Å². The summed E-state index contributed by atoms with van der Waals surface area (Å²) in [6, 6.07) is 18.7. The fraction of sp³-hybridized carbons (Fsp3) is 0.133. The molecule has 194 valence electrons. The Morgan fingerprint density at radius 2 is 0.895 bits per heavy atom. The highest BCUT2D eigenvalue weighted by molar-refractivity contribution is 5.76. The van der Waals surface area contributed by atoms with E-state index in [1.807, 2.05) is 0 Å². The Balaban J connectivity index is 1.64. The van der Waals surface area contributed by atoms with Gasteiger partial charge in [-0.1, -0.05) is 48.5 Å². The highest BCUT2D eigenvalue weighted by Gasteiger charge is 2.36. The van der Waals surface area contributed by atoms with Crippen molar-refractivity contribution in [2.24, 2.45) is 0 Å². The van der Waals surface area contributed by atoms with E-state index in [9.17, 15) is 27.2 Å². The first kappa shape index (κ1) is 26.6. The zero-order chi connectivity index (χ0) is 27.5. The van der Waals surface area contributed by atoms with E-state index in [2.05, 4.69) is 0 Å². The van der Waals surface area contributed by atoms with E-state index in [0.717, 1.165) is 24.3 Å². The third-order valence-electron chi connectivity index (χ3n) is 6.10. The number of hydrogen-bond donors (Lipinski definition) is 0. The van der Waals surface area contributed by atoms with Gasteiger partial charge in [0.25, 0.3) is 0 Å². The Labute approximate surface area is 216 Å². The maximum absolute atomic E-state index is 14.9. The van der Waals surface area contributed by atoms with Gasteiger partial charge in [0.1, 0.15) is 24.1 Å². The lowest BCUT2D eigenvalue weighted by molar-refractivity contribution is -0.186. The molecule has 0 spiro atoms. The summed E-state index contributed by atoms with van der Waals surface area (Å²) in [5.74, 6) is -0.198. The van der Waals surface area contributed by atoms with E-state index in [-0.39, 0.29) is 22.6 Å². The third kappa shape index (κ3) is 5.44. The van der Waals surface area contributed by atoms with Gasteiger partial charge in [0.2, 0.25) is 0 Å².